The first-order valence-electron chi connectivity index (χ1n) is 6.66. The molecule has 1 heterocycles. The summed E-state index contributed by atoms with van der Waals surface area (Å²) < 4.78 is 11.9. The predicted octanol–water partition coefficient (Wildman–Crippen LogP) is 3.76. The van der Waals surface area contributed by atoms with Crippen LogP contribution in [0.4, 0.5) is 0 Å². The molecule has 0 amide bonds. The van der Waals surface area contributed by atoms with Crippen LogP contribution in [0.25, 0.3) is 0 Å². The normalized spacial score (nSPS) is 11.0. The van der Waals surface area contributed by atoms with Gasteiger partial charge in [0.25, 0.3) is 0 Å². The van der Waals surface area contributed by atoms with Crippen LogP contribution in [0.2, 0.25) is 0 Å². The summed E-state index contributed by atoms with van der Waals surface area (Å²) in [5.74, 6) is 0.619. The number of nitrogens with zero attached hydrogens (tertiary/aromatic N) is 1. The first kappa shape index (κ1) is 15.1. The molecule has 0 saturated heterocycles. The molecule has 0 unspecified atom stereocenters. The fourth-order valence-corrected chi connectivity index (χ4v) is 2.08. The lowest BCUT2D eigenvalue weighted by atomic mass is 10.2. The van der Waals surface area contributed by atoms with E-state index in [4.69, 9.17) is 9.15 Å². The van der Waals surface area contributed by atoms with Crippen LogP contribution in [-0.2, 0) is 13.2 Å². The molecule has 0 atom stereocenters. The summed E-state index contributed by atoms with van der Waals surface area (Å²) in [6.07, 6.45) is 1.94. The highest BCUT2D eigenvalue weighted by Crippen LogP contribution is 2.18. The highest BCUT2D eigenvalue weighted by Gasteiger charge is 2.06. The van der Waals surface area contributed by atoms with E-state index in [1.54, 1.807) is 6.26 Å². The summed E-state index contributed by atoms with van der Waals surface area (Å²) in [5, 5.41) is 3.31. The maximum Gasteiger partial charge on any atom is 0.394 e. The average Bonchev–Trinajstić information content (AvgIpc) is 2.85. The number of aromatic nitrogens is 1. The second-order valence-electron chi connectivity index (χ2n) is 5.01. The summed E-state index contributed by atoms with van der Waals surface area (Å²) in [5.41, 5.74) is 1.91. The van der Waals surface area contributed by atoms with E-state index >= 15 is 0 Å². The quantitative estimate of drug-likeness (QED) is 0.834. The molecular formula is C15H19BrN2O2. The molecule has 0 aliphatic heterocycles. The molecular weight excluding hydrogens is 320 g/mol. The maximum absolute atomic E-state index is 5.55. The van der Waals surface area contributed by atoms with E-state index in [1.165, 1.54) is 0 Å². The largest absolute Gasteiger partial charge is 0.445 e. The van der Waals surface area contributed by atoms with Crippen LogP contribution in [-0.4, -0.2) is 11.5 Å². The summed E-state index contributed by atoms with van der Waals surface area (Å²) in [4.78, 5) is 4.29. The Morgan fingerprint density at radius 1 is 1.35 bits per heavy atom. The lowest BCUT2D eigenvalue weighted by Gasteiger charge is -2.04. The van der Waals surface area contributed by atoms with Crippen molar-refractivity contribution in [2.75, 3.05) is 6.54 Å². The number of rotatable bonds is 7. The minimum atomic E-state index is 0.308. The Kier molecular flexibility index (Phi) is 5.61. The molecule has 5 heteroatoms. The van der Waals surface area contributed by atoms with Crippen molar-refractivity contribution in [3.05, 3.63) is 46.3 Å². The second kappa shape index (κ2) is 7.45. The van der Waals surface area contributed by atoms with Crippen LogP contribution in [0.3, 0.4) is 0 Å². The Balaban J connectivity index is 1.82. The van der Waals surface area contributed by atoms with Gasteiger partial charge in [-0.05, 0) is 18.5 Å². The van der Waals surface area contributed by atoms with Crippen molar-refractivity contribution >= 4 is 15.9 Å². The van der Waals surface area contributed by atoms with Gasteiger partial charge in [0, 0.05) is 16.6 Å². The molecule has 1 N–H and O–H groups in total. The van der Waals surface area contributed by atoms with Crippen molar-refractivity contribution in [2.45, 2.75) is 27.0 Å². The summed E-state index contributed by atoms with van der Waals surface area (Å²) in [7, 11) is 0. The van der Waals surface area contributed by atoms with E-state index in [-0.39, 0.29) is 0 Å². The van der Waals surface area contributed by atoms with E-state index in [0.29, 0.717) is 25.1 Å². The van der Waals surface area contributed by atoms with Gasteiger partial charge in [-0.1, -0.05) is 48.0 Å². The second-order valence-corrected chi connectivity index (χ2v) is 5.86. The molecule has 0 bridgehead atoms. The average molecular weight is 339 g/mol. The minimum Gasteiger partial charge on any atom is -0.445 e. The summed E-state index contributed by atoms with van der Waals surface area (Å²) in [6.45, 7) is 6.42. The zero-order valence-corrected chi connectivity index (χ0v) is 13.3. The van der Waals surface area contributed by atoms with Crippen molar-refractivity contribution < 1.29 is 9.15 Å². The third-order valence-corrected chi connectivity index (χ3v) is 3.47. The van der Waals surface area contributed by atoms with Crippen LogP contribution in [0, 0.1) is 5.92 Å². The van der Waals surface area contributed by atoms with E-state index in [2.05, 4.69) is 40.1 Å². The summed E-state index contributed by atoms with van der Waals surface area (Å²) >= 11 is 3.48. The SMILES string of the molecule is CC(C)CNCc1coc(OCc2ccccc2Br)n1. The number of hydrogen-bond donors (Lipinski definition) is 1. The molecule has 0 aliphatic carbocycles. The van der Waals surface area contributed by atoms with Crippen LogP contribution in [0.15, 0.2) is 39.4 Å². The van der Waals surface area contributed by atoms with Crippen molar-refractivity contribution in [3.8, 4) is 6.08 Å². The maximum atomic E-state index is 5.55. The van der Waals surface area contributed by atoms with Crippen molar-refractivity contribution in [2.24, 2.45) is 5.92 Å². The Labute approximate surface area is 127 Å². The molecule has 0 saturated carbocycles. The Morgan fingerprint density at radius 2 is 2.15 bits per heavy atom. The molecule has 108 valence electrons. The van der Waals surface area contributed by atoms with E-state index < -0.39 is 0 Å². The van der Waals surface area contributed by atoms with Crippen molar-refractivity contribution in [3.63, 3.8) is 0 Å². The number of oxazole rings is 1. The molecule has 2 rings (SSSR count). The van der Waals surface area contributed by atoms with Gasteiger partial charge in [0.1, 0.15) is 12.9 Å². The number of ether oxygens (including phenoxy) is 1. The van der Waals surface area contributed by atoms with Gasteiger partial charge in [-0.15, -0.1) is 0 Å². The van der Waals surface area contributed by atoms with Gasteiger partial charge in [-0.25, -0.2) is 0 Å². The monoisotopic (exact) mass is 338 g/mol. The highest BCUT2D eigenvalue weighted by atomic mass is 79.9. The molecule has 0 aliphatic rings. The Morgan fingerprint density at radius 3 is 2.90 bits per heavy atom. The molecule has 20 heavy (non-hydrogen) atoms. The Bertz CT molecular complexity index is 540. The lowest BCUT2D eigenvalue weighted by molar-refractivity contribution is 0.219. The van der Waals surface area contributed by atoms with Gasteiger partial charge in [0.05, 0.1) is 5.69 Å². The molecule has 4 nitrogen and oxygen atoms in total. The van der Waals surface area contributed by atoms with Crippen LogP contribution >= 0.6 is 15.9 Å². The van der Waals surface area contributed by atoms with Crippen LogP contribution in [0.5, 0.6) is 6.08 Å². The number of hydrogen-bond acceptors (Lipinski definition) is 4. The lowest BCUT2D eigenvalue weighted by Crippen LogP contribution is -2.19. The third kappa shape index (κ3) is 4.65. The molecule has 0 fully saturated rings. The fourth-order valence-electron chi connectivity index (χ4n) is 1.68. The van der Waals surface area contributed by atoms with Gasteiger partial charge < -0.3 is 14.5 Å². The van der Waals surface area contributed by atoms with Crippen LogP contribution < -0.4 is 10.1 Å². The van der Waals surface area contributed by atoms with Gasteiger partial charge >= 0.3 is 6.08 Å². The highest BCUT2D eigenvalue weighted by molar-refractivity contribution is 9.10. The van der Waals surface area contributed by atoms with E-state index in [1.807, 2.05) is 24.3 Å². The number of benzene rings is 1. The molecule has 0 spiro atoms. The molecule has 0 radical (unpaired) electrons. The standard InChI is InChI=1S/C15H19BrN2O2/c1-11(2)7-17-8-13-10-20-15(18-13)19-9-12-5-3-4-6-14(12)16/h3-6,10-11,17H,7-9H2,1-2H3. The predicted molar refractivity (Wildman–Crippen MR) is 81.5 cm³/mol. The smallest absolute Gasteiger partial charge is 0.394 e. The van der Waals surface area contributed by atoms with E-state index in [0.717, 1.165) is 22.3 Å². The fraction of sp³-hybridized carbons (Fsp3) is 0.400. The third-order valence-electron chi connectivity index (χ3n) is 2.70. The van der Waals surface area contributed by atoms with Crippen molar-refractivity contribution in [1.29, 1.82) is 0 Å². The first-order valence-corrected chi connectivity index (χ1v) is 7.46. The first-order chi connectivity index (χ1) is 9.65. The van der Waals surface area contributed by atoms with Crippen molar-refractivity contribution in [1.82, 2.24) is 10.3 Å². The summed E-state index contributed by atoms with van der Waals surface area (Å²) in [6, 6.07) is 7.92. The number of halogens is 1. The number of nitrogens with one attached hydrogen (secondary N) is 1. The van der Waals surface area contributed by atoms with Gasteiger partial charge in [0.2, 0.25) is 0 Å². The topological polar surface area (TPSA) is 47.3 Å². The molecule has 1 aromatic carbocycles. The Hall–Kier alpha value is -1.33. The zero-order valence-electron chi connectivity index (χ0n) is 11.7. The van der Waals surface area contributed by atoms with E-state index in [9.17, 15) is 0 Å². The minimum absolute atomic E-state index is 0.308. The van der Waals surface area contributed by atoms with Gasteiger partial charge in [0.15, 0.2) is 0 Å². The molecule has 1 aromatic heterocycles. The van der Waals surface area contributed by atoms with Gasteiger partial charge in [-0.3, -0.25) is 0 Å². The van der Waals surface area contributed by atoms with Gasteiger partial charge in [-0.2, -0.15) is 4.98 Å². The van der Waals surface area contributed by atoms with Crippen LogP contribution in [0.1, 0.15) is 25.1 Å². The molecule has 2 aromatic rings. The zero-order chi connectivity index (χ0) is 14.4.